The van der Waals surface area contributed by atoms with Crippen molar-refractivity contribution in [2.75, 3.05) is 13.1 Å². The van der Waals surface area contributed by atoms with Crippen LogP contribution in [0.4, 0.5) is 0 Å². The number of thiol groups is 2. The van der Waals surface area contributed by atoms with Gasteiger partial charge in [0.15, 0.2) is 14.5 Å². The van der Waals surface area contributed by atoms with Gasteiger partial charge in [-0.2, -0.15) is 10.1 Å². The van der Waals surface area contributed by atoms with Crippen molar-refractivity contribution >= 4 is 64.2 Å². The largest absolute Gasteiger partial charge is 0.340 e. The zero-order valence-electron chi connectivity index (χ0n) is 10.2. The summed E-state index contributed by atoms with van der Waals surface area (Å²) in [5.74, 6) is -0.338. The third-order valence-electron chi connectivity index (χ3n) is 2.50. The molecule has 0 radical (unpaired) electrons. The summed E-state index contributed by atoms with van der Waals surface area (Å²) < 4.78 is 0.201. The molecule has 1 saturated heterocycles. The van der Waals surface area contributed by atoms with Crippen LogP contribution in [0, 0.1) is 0 Å². The number of hydrogen-bond donors (Lipinski definition) is 4. The lowest BCUT2D eigenvalue weighted by Gasteiger charge is -2.38. The Kier molecular flexibility index (Phi) is 5.35. The lowest BCUT2D eigenvalue weighted by molar-refractivity contribution is -0.0732. The quantitative estimate of drug-likeness (QED) is 0.355. The Labute approximate surface area is 137 Å². The molecule has 7 nitrogen and oxygen atoms in total. The topological polar surface area (TPSA) is 67.5 Å². The molecule has 1 aromatic heterocycles. The smallest absolute Gasteiger partial charge is 0.315 e. The first kappa shape index (κ1) is 15.7. The lowest BCUT2D eigenvalue weighted by Crippen LogP contribution is -2.59. The number of amides is 1. The van der Waals surface area contributed by atoms with Crippen LogP contribution in [0.1, 0.15) is 17.0 Å². The van der Waals surface area contributed by atoms with E-state index in [9.17, 15) is 4.79 Å². The van der Waals surface area contributed by atoms with Gasteiger partial charge >= 0.3 is 5.91 Å². The van der Waals surface area contributed by atoms with Crippen molar-refractivity contribution in [2.45, 2.75) is 6.42 Å². The Morgan fingerprint density at radius 2 is 2.15 bits per heavy atom. The molecule has 20 heavy (non-hydrogen) atoms. The molecule has 0 atom stereocenters. The fourth-order valence-corrected chi connectivity index (χ4v) is 2.42. The molecule has 0 aromatic carbocycles. The zero-order chi connectivity index (χ0) is 14.7. The first-order valence-electron chi connectivity index (χ1n) is 5.63. The Bertz CT molecular complexity index is 515. The summed E-state index contributed by atoms with van der Waals surface area (Å²) in [4.78, 5) is 19.1. The van der Waals surface area contributed by atoms with Crippen molar-refractivity contribution in [3.8, 4) is 0 Å². The van der Waals surface area contributed by atoms with Crippen LogP contribution in [0.3, 0.4) is 0 Å². The molecule has 2 N–H and O–H groups in total. The van der Waals surface area contributed by atoms with Crippen LogP contribution >= 0.6 is 49.7 Å². The van der Waals surface area contributed by atoms with Gasteiger partial charge < -0.3 is 4.98 Å². The standard InChI is InChI=1S/C9H12N6OS4/c16-7(6-10-3-4-11-6)14(8(17)18)15(9(19)20)13-5-1-2-12-13/h3-4,12H,1-2,5H2,(H,10,11)(H,17,18)(H,19,20). The van der Waals surface area contributed by atoms with Crippen molar-refractivity contribution in [2.24, 2.45) is 0 Å². The van der Waals surface area contributed by atoms with Crippen LogP contribution in [0.2, 0.25) is 0 Å². The predicted molar refractivity (Wildman–Crippen MR) is 89.1 cm³/mol. The fraction of sp³-hybridized carbons (Fsp3) is 0.333. The van der Waals surface area contributed by atoms with E-state index in [4.69, 9.17) is 24.4 Å². The third kappa shape index (κ3) is 3.30. The molecule has 0 unspecified atom stereocenters. The summed E-state index contributed by atoms with van der Waals surface area (Å²) in [5.41, 5.74) is 3.08. The van der Waals surface area contributed by atoms with Crippen molar-refractivity contribution in [3.63, 3.8) is 0 Å². The SMILES string of the molecule is O=C(c1ncc[nH]1)N(C(=S)S)N(C(=S)S)N1CCCN1. The minimum absolute atomic E-state index is 0.0384. The van der Waals surface area contributed by atoms with Crippen LogP contribution in [0.25, 0.3) is 0 Å². The second-order valence-corrected chi connectivity index (χ2v) is 6.02. The van der Waals surface area contributed by atoms with E-state index in [1.54, 1.807) is 11.3 Å². The van der Waals surface area contributed by atoms with Crippen LogP contribution in [0.5, 0.6) is 0 Å². The third-order valence-corrected chi connectivity index (χ3v) is 3.21. The molecule has 0 bridgehead atoms. The van der Waals surface area contributed by atoms with Gasteiger partial charge in [-0.3, -0.25) is 4.79 Å². The number of thiocarbonyl (C=S) groups is 2. The number of aromatic amines is 1. The number of carbonyl (C=O) groups is 1. The van der Waals surface area contributed by atoms with E-state index < -0.39 is 5.91 Å². The zero-order valence-corrected chi connectivity index (χ0v) is 13.6. The molecule has 1 amide bonds. The van der Waals surface area contributed by atoms with Gasteiger partial charge in [0, 0.05) is 25.5 Å². The highest BCUT2D eigenvalue weighted by Crippen LogP contribution is 2.15. The van der Waals surface area contributed by atoms with Crippen molar-refractivity contribution in [1.82, 2.24) is 30.6 Å². The van der Waals surface area contributed by atoms with Gasteiger partial charge in [0.05, 0.1) is 0 Å². The molecule has 0 spiro atoms. The number of hydrazine groups is 3. The van der Waals surface area contributed by atoms with Crippen LogP contribution in [0.15, 0.2) is 12.4 Å². The van der Waals surface area contributed by atoms with Gasteiger partial charge in [-0.25, -0.2) is 10.4 Å². The fourth-order valence-electron chi connectivity index (χ4n) is 1.71. The van der Waals surface area contributed by atoms with Gasteiger partial charge in [-0.15, -0.1) is 30.4 Å². The summed E-state index contributed by atoms with van der Waals surface area (Å²) in [5, 5.41) is 4.16. The Balaban J connectivity index is 2.32. The van der Waals surface area contributed by atoms with Gasteiger partial charge in [0.2, 0.25) is 0 Å². The molecule has 2 heterocycles. The number of aromatic nitrogens is 2. The van der Waals surface area contributed by atoms with E-state index >= 15 is 0 Å². The number of H-pyrrole nitrogens is 1. The molecule has 108 valence electrons. The van der Waals surface area contributed by atoms with E-state index in [1.165, 1.54) is 11.3 Å². The monoisotopic (exact) mass is 348 g/mol. The predicted octanol–water partition coefficient (Wildman–Crippen LogP) is 0.624. The number of carbonyl (C=O) groups excluding carboxylic acids is 1. The summed E-state index contributed by atoms with van der Waals surface area (Å²) in [7, 11) is 0. The average Bonchev–Trinajstić information content (AvgIpc) is 3.06. The van der Waals surface area contributed by atoms with Crippen molar-refractivity contribution in [1.29, 1.82) is 0 Å². The normalized spacial score (nSPS) is 15.1. The van der Waals surface area contributed by atoms with E-state index in [0.29, 0.717) is 6.54 Å². The van der Waals surface area contributed by atoms with E-state index in [1.807, 2.05) is 0 Å². The average molecular weight is 349 g/mol. The van der Waals surface area contributed by atoms with Crippen molar-refractivity contribution in [3.05, 3.63) is 18.2 Å². The Morgan fingerprint density at radius 3 is 2.60 bits per heavy atom. The number of rotatable bonds is 2. The number of nitrogens with zero attached hydrogens (tertiary/aromatic N) is 4. The Morgan fingerprint density at radius 1 is 1.40 bits per heavy atom. The maximum atomic E-state index is 12.5. The molecule has 0 aliphatic carbocycles. The second-order valence-electron chi connectivity index (χ2n) is 3.79. The number of nitrogens with one attached hydrogen (secondary N) is 2. The highest BCUT2D eigenvalue weighted by Gasteiger charge is 2.33. The molecule has 2 rings (SSSR count). The lowest BCUT2D eigenvalue weighted by atomic mass is 10.5. The highest BCUT2D eigenvalue weighted by atomic mass is 32.1. The molecular formula is C9H12N6OS4. The Hall–Kier alpha value is -0.720. The van der Waals surface area contributed by atoms with Crippen LogP contribution < -0.4 is 5.43 Å². The summed E-state index contributed by atoms with van der Waals surface area (Å²) in [6.07, 6.45) is 3.93. The molecule has 1 aliphatic rings. The maximum absolute atomic E-state index is 12.5. The summed E-state index contributed by atoms with van der Waals surface area (Å²) in [6.45, 7) is 1.44. The molecule has 1 fully saturated rings. The summed E-state index contributed by atoms with van der Waals surface area (Å²) in [6, 6.07) is 0. The van der Waals surface area contributed by atoms with Crippen molar-refractivity contribution < 1.29 is 4.79 Å². The molecule has 1 aliphatic heterocycles. The van der Waals surface area contributed by atoms with Crippen LogP contribution in [-0.2, 0) is 0 Å². The molecule has 1 aromatic rings. The van der Waals surface area contributed by atoms with Crippen LogP contribution in [-0.4, -0.2) is 52.9 Å². The highest BCUT2D eigenvalue weighted by molar-refractivity contribution is 8.11. The maximum Gasteiger partial charge on any atom is 0.315 e. The molecular weight excluding hydrogens is 336 g/mol. The van der Waals surface area contributed by atoms with Gasteiger partial charge in [-0.1, -0.05) is 12.2 Å². The number of imidazole rings is 1. The first-order valence-corrected chi connectivity index (χ1v) is 7.34. The van der Waals surface area contributed by atoms with Gasteiger partial charge in [-0.05, 0) is 18.6 Å². The minimum Gasteiger partial charge on any atom is -0.340 e. The second kappa shape index (κ2) is 6.83. The summed E-state index contributed by atoms with van der Waals surface area (Å²) >= 11 is 18.4. The minimum atomic E-state index is -0.472. The van der Waals surface area contributed by atoms with E-state index in [2.05, 4.69) is 40.7 Å². The molecule has 11 heteroatoms. The van der Waals surface area contributed by atoms with E-state index in [-0.39, 0.29) is 14.5 Å². The van der Waals surface area contributed by atoms with E-state index in [0.717, 1.165) is 18.0 Å². The number of hydrogen-bond acceptors (Lipinski definition) is 6. The molecule has 0 saturated carbocycles. The first-order chi connectivity index (χ1) is 9.52. The van der Waals surface area contributed by atoms with Gasteiger partial charge in [0.25, 0.3) is 0 Å². The van der Waals surface area contributed by atoms with Gasteiger partial charge in [0.1, 0.15) is 0 Å².